The molecule has 0 aliphatic carbocycles. The maximum atomic E-state index is 13.7. The van der Waals surface area contributed by atoms with Crippen molar-refractivity contribution in [3.63, 3.8) is 0 Å². The quantitative estimate of drug-likeness (QED) is 0.314. The number of nitrogens with zero attached hydrogens (tertiary/aromatic N) is 5. The molecule has 0 spiro atoms. The van der Waals surface area contributed by atoms with Gasteiger partial charge in [0, 0.05) is 23.8 Å². The Kier molecular flexibility index (Phi) is 6.78. The van der Waals surface area contributed by atoms with E-state index in [9.17, 15) is 8.42 Å². The van der Waals surface area contributed by atoms with Crippen LogP contribution in [0.1, 0.15) is 19.8 Å². The molecule has 0 atom stereocenters. The number of hydrogen-bond donors (Lipinski definition) is 0. The molecular weight excluding hydrogens is 466 g/mol. The minimum Gasteiger partial charge on any atom is -0.249 e. The highest BCUT2D eigenvalue weighted by Crippen LogP contribution is 2.40. The van der Waals surface area contributed by atoms with Crippen molar-refractivity contribution >= 4 is 38.8 Å². The highest BCUT2D eigenvalue weighted by molar-refractivity contribution is 7.92. The molecule has 0 aliphatic rings. The van der Waals surface area contributed by atoms with Crippen LogP contribution in [0.15, 0.2) is 71.2 Å². The number of hydrogen-bond acceptors (Lipinski definition) is 7. The average Bonchev–Trinajstić information content (AvgIpc) is 3.34. The lowest BCUT2D eigenvalue weighted by atomic mass is 10.2. The molecule has 0 amide bonds. The first-order chi connectivity index (χ1) is 15.5. The van der Waals surface area contributed by atoms with Crippen molar-refractivity contribution in [3.8, 4) is 22.1 Å². The summed E-state index contributed by atoms with van der Waals surface area (Å²) in [6.07, 6.45) is 4.60. The van der Waals surface area contributed by atoms with Gasteiger partial charge in [-0.05, 0) is 36.1 Å². The van der Waals surface area contributed by atoms with Crippen molar-refractivity contribution in [3.05, 3.63) is 71.5 Å². The zero-order chi connectivity index (χ0) is 22.6. The van der Waals surface area contributed by atoms with Gasteiger partial charge in [0.2, 0.25) is 5.82 Å². The fourth-order valence-corrected chi connectivity index (χ4v) is 5.69. The predicted octanol–water partition coefficient (Wildman–Crippen LogP) is 5.31. The van der Waals surface area contributed by atoms with Crippen LogP contribution in [0.3, 0.4) is 0 Å². The first-order valence-electron chi connectivity index (χ1n) is 9.99. The number of thiophene rings is 1. The van der Waals surface area contributed by atoms with Crippen LogP contribution in [0.2, 0.25) is 5.15 Å². The van der Waals surface area contributed by atoms with Crippen LogP contribution in [0, 0.1) is 0 Å². The van der Waals surface area contributed by atoms with Gasteiger partial charge in [-0.1, -0.05) is 49.2 Å². The first-order valence-corrected chi connectivity index (χ1v) is 12.7. The summed E-state index contributed by atoms with van der Waals surface area (Å²) in [5.74, 6) is 0.642. The zero-order valence-electron chi connectivity index (χ0n) is 17.2. The molecule has 1 aromatic carbocycles. The lowest BCUT2D eigenvalue weighted by Gasteiger charge is -2.26. The summed E-state index contributed by atoms with van der Waals surface area (Å²) in [7, 11) is -3.91. The summed E-state index contributed by atoms with van der Waals surface area (Å²) in [5.41, 5.74) is 0.469. The number of anilines is 1. The van der Waals surface area contributed by atoms with E-state index >= 15 is 0 Å². The molecule has 0 unspecified atom stereocenters. The Hall–Kier alpha value is -2.88. The van der Waals surface area contributed by atoms with E-state index in [0.29, 0.717) is 12.0 Å². The largest absolute Gasteiger partial charge is 0.265 e. The second-order valence-electron chi connectivity index (χ2n) is 6.83. The second-order valence-corrected chi connectivity index (χ2v) is 10.00. The van der Waals surface area contributed by atoms with Crippen molar-refractivity contribution in [2.45, 2.75) is 24.7 Å². The lowest BCUT2D eigenvalue weighted by molar-refractivity contribution is 0.588. The zero-order valence-corrected chi connectivity index (χ0v) is 19.6. The van der Waals surface area contributed by atoms with E-state index in [0.717, 1.165) is 11.3 Å². The number of halogens is 1. The van der Waals surface area contributed by atoms with Crippen LogP contribution >= 0.6 is 22.9 Å². The van der Waals surface area contributed by atoms with Crippen LogP contribution in [0.25, 0.3) is 22.1 Å². The standard InChI is InChI=1S/C22H20ClN5O2S2/c1-2-3-14-28(32(29,30)16-9-5-4-6-10-16)22-18(17-11-7-15-31-17)19(23)26-21(27-22)20-24-12-8-13-25-20/h4-13,15H,2-3,14H2,1H3. The van der Waals surface area contributed by atoms with Crippen molar-refractivity contribution in [1.29, 1.82) is 0 Å². The SMILES string of the molecule is CCCCN(c1nc(-c2ncccn2)nc(Cl)c1-c1cccs1)S(=O)(=O)c1ccccc1. The van der Waals surface area contributed by atoms with E-state index in [4.69, 9.17) is 11.6 Å². The van der Waals surface area contributed by atoms with E-state index in [2.05, 4.69) is 19.9 Å². The molecule has 4 rings (SSSR count). The third-order valence-electron chi connectivity index (χ3n) is 4.66. The lowest BCUT2D eigenvalue weighted by Crippen LogP contribution is -2.33. The molecule has 0 aliphatic heterocycles. The molecule has 0 saturated carbocycles. The fraction of sp³-hybridized carbons (Fsp3) is 0.182. The van der Waals surface area contributed by atoms with Crippen LogP contribution in [0.5, 0.6) is 0 Å². The molecule has 0 radical (unpaired) electrons. The Labute approximate surface area is 195 Å². The molecule has 0 fully saturated rings. The van der Waals surface area contributed by atoms with Crippen molar-refractivity contribution < 1.29 is 8.42 Å². The second kappa shape index (κ2) is 9.72. The third kappa shape index (κ3) is 4.50. The maximum Gasteiger partial charge on any atom is 0.265 e. The highest BCUT2D eigenvalue weighted by Gasteiger charge is 2.31. The summed E-state index contributed by atoms with van der Waals surface area (Å²) in [5, 5.41) is 2.04. The van der Waals surface area contributed by atoms with E-state index in [-0.39, 0.29) is 34.1 Å². The molecule has 4 aromatic rings. The van der Waals surface area contributed by atoms with Gasteiger partial charge in [-0.15, -0.1) is 11.3 Å². The first kappa shape index (κ1) is 22.3. The number of rotatable bonds is 8. The Balaban J connectivity index is 1.97. The third-order valence-corrected chi connectivity index (χ3v) is 7.63. The molecule has 3 heterocycles. The number of benzene rings is 1. The Morgan fingerprint density at radius 1 is 0.969 bits per heavy atom. The summed E-state index contributed by atoms with van der Waals surface area (Å²) in [4.78, 5) is 18.4. The average molecular weight is 486 g/mol. The molecule has 0 bridgehead atoms. The minimum absolute atomic E-state index is 0.143. The van der Waals surface area contributed by atoms with Gasteiger partial charge in [0.05, 0.1) is 10.5 Å². The van der Waals surface area contributed by atoms with Crippen LogP contribution in [0.4, 0.5) is 5.82 Å². The van der Waals surface area contributed by atoms with Gasteiger partial charge < -0.3 is 0 Å². The van der Waals surface area contributed by atoms with Gasteiger partial charge in [0.1, 0.15) is 5.15 Å². The molecule has 0 saturated heterocycles. The summed E-state index contributed by atoms with van der Waals surface area (Å²) in [6.45, 7) is 2.25. The Bertz CT molecular complexity index is 1280. The normalized spacial score (nSPS) is 11.4. The monoisotopic (exact) mass is 485 g/mol. The van der Waals surface area contributed by atoms with E-state index in [1.54, 1.807) is 48.8 Å². The van der Waals surface area contributed by atoms with Crippen molar-refractivity contribution in [2.24, 2.45) is 0 Å². The molecule has 164 valence electrons. The van der Waals surface area contributed by atoms with E-state index in [1.807, 2.05) is 24.4 Å². The maximum absolute atomic E-state index is 13.7. The topological polar surface area (TPSA) is 88.9 Å². The molecular formula is C22H20ClN5O2S2. The minimum atomic E-state index is -3.91. The molecule has 3 aromatic heterocycles. The number of aromatic nitrogens is 4. The smallest absolute Gasteiger partial charge is 0.249 e. The van der Waals surface area contributed by atoms with Crippen LogP contribution in [-0.4, -0.2) is 34.9 Å². The van der Waals surface area contributed by atoms with Gasteiger partial charge in [0.25, 0.3) is 10.0 Å². The van der Waals surface area contributed by atoms with Crippen LogP contribution in [-0.2, 0) is 10.0 Å². The summed E-state index contributed by atoms with van der Waals surface area (Å²) in [6, 6.07) is 13.7. The number of unbranched alkanes of at least 4 members (excludes halogenated alkanes) is 1. The van der Waals surface area contributed by atoms with E-state index in [1.165, 1.54) is 15.6 Å². The highest BCUT2D eigenvalue weighted by atomic mass is 35.5. The fourth-order valence-electron chi connectivity index (χ4n) is 3.11. The molecule has 10 heteroatoms. The molecule has 0 N–H and O–H groups in total. The predicted molar refractivity (Wildman–Crippen MR) is 127 cm³/mol. The van der Waals surface area contributed by atoms with Crippen LogP contribution < -0.4 is 4.31 Å². The van der Waals surface area contributed by atoms with Crippen molar-refractivity contribution in [2.75, 3.05) is 10.8 Å². The molecule has 7 nitrogen and oxygen atoms in total. The summed E-state index contributed by atoms with van der Waals surface area (Å²) >= 11 is 8.07. The van der Waals surface area contributed by atoms with E-state index < -0.39 is 10.0 Å². The summed E-state index contributed by atoms with van der Waals surface area (Å²) < 4.78 is 28.7. The Morgan fingerprint density at radius 3 is 2.38 bits per heavy atom. The van der Waals surface area contributed by atoms with Gasteiger partial charge in [-0.3, -0.25) is 0 Å². The van der Waals surface area contributed by atoms with Crippen molar-refractivity contribution in [1.82, 2.24) is 19.9 Å². The van der Waals surface area contributed by atoms with Gasteiger partial charge >= 0.3 is 0 Å². The van der Waals surface area contributed by atoms with Gasteiger partial charge in [0.15, 0.2) is 11.6 Å². The molecule has 32 heavy (non-hydrogen) atoms. The van der Waals surface area contributed by atoms with Gasteiger partial charge in [-0.25, -0.2) is 32.7 Å². The number of sulfonamides is 1. The van der Waals surface area contributed by atoms with Gasteiger partial charge in [-0.2, -0.15) is 0 Å². The Morgan fingerprint density at radius 2 is 1.72 bits per heavy atom.